The van der Waals surface area contributed by atoms with Gasteiger partial charge in [0.25, 0.3) is 0 Å². The molecule has 0 spiro atoms. The minimum atomic E-state index is 0.922. The quantitative estimate of drug-likeness (QED) is 0.496. The summed E-state index contributed by atoms with van der Waals surface area (Å²) < 4.78 is 0. The molecule has 0 aliphatic rings. The molecular weight excluding hydrogens is 172 g/mol. The molecule has 14 heavy (non-hydrogen) atoms. The van der Waals surface area contributed by atoms with Crippen molar-refractivity contribution in [1.82, 2.24) is 9.97 Å². The van der Waals surface area contributed by atoms with E-state index in [1.165, 1.54) is 0 Å². The fraction of sp³-hybridized carbons (Fsp3) is 0. The van der Waals surface area contributed by atoms with E-state index in [0.717, 1.165) is 21.8 Å². The molecule has 0 fully saturated rings. The van der Waals surface area contributed by atoms with Crippen LogP contribution in [0.4, 0.5) is 0 Å². The van der Waals surface area contributed by atoms with Gasteiger partial charge in [0.2, 0.25) is 0 Å². The summed E-state index contributed by atoms with van der Waals surface area (Å²) in [5.41, 5.74) is 1.87. The van der Waals surface area contributed by atoms with E-state index in [4.69, 9.17) is 0 Å². The molecule has 1 aromatic carbocycles. The smallest absolute Gasteiger partial charge is 0.0972 e. The van der Waals surface area contributed by atoms with Crippen LogP contribution in [0, 0.1) is 6.20 Å². The molecule has 0 unspecified atom stereocenters. The Balaban J connectivity index is 2.61. The van der Waals surface area contributed by atoms with Gasteiger partial charge in [-0.2, -0.15) is 0 Å². The molecule has 0 saturated heterocycles. The van der Waals surface area contributed by atoms with E-state index in [9.17, 15) is 0 Å². The first-order chi connectivity index (χ1) is 6.95. The summed E-state index contributed by atoms with van der Waals surface area (Å²) >= 11 is 0. The Morgan fingerprint density at radius 2 is 1.79 bits per heavy atom. The van der Waals surface area contributed by atoms with Gasteiger partial charge < -0.3 is 0 Å². The van der Waals surface area contributed by atoms with Gasteiger partial charge in [-0.1, -0.05) is 24.3 Å². The molecule has 2 aromatic heterocycles. The summed E-state index contributed by atoms with van der Waals surface area (Å²) in [5, 5.41) is 2.22. The first kappa shape index (κ1) is 7.44. The van der Waals surface area contributed by atoms with E-state index in [-0.39, 0.29) is 0 Å². The zero-order chi connectivity index (χ0) is 9.38. The van der Waals surface area contributed by atoms with Crippen molar-refractivity contribution in [3.05, 3.63) is 48.8 Å². The van der Waals surface area contributed by atoms with Crippen molar-refractivity contribution in [1.29, 1.82) is 0 Å². The van der Waals surface area contributed by atoms with Crippen LogP contribution >= 0.6 is 0 Å². The predicted octanol–water partition coefficient (Wildman–Crippen LogP) is 2.58. The van der Waals surface area contributed by atoms with Crippen LogP contribution in [0.1, 0.15) is 0 Å². The van der Waals surface area contributed by atoms with E-state index < -0.39 is 0 Å². The third-order valence-electron chi connectivity index (χ3n) is 2.29. The summed E-state index contributed by atoms with van der Waals surface area (Å²) in [6.07, 6.45) is 4.63. The van der Waals surface area contributed by atoms with Crippen LogP contribution in [0.5, 0.6) is 0 Å². The number of aromatic nitrogens is 2. The number of hydrogen-bond acceptors (Lipinski definition) is 2. The number of hydrogen-bond donors (Lipinski definition) is 0. The fourth-order valence-electron chi connectivity index (χ4n) is 1.63. The summed E-state index contributed by atoms with van der Waals surface area (Å²) in [7, 11) is 0. The normalized spacial score (nSPS) is 10.9. The van der Waals surface area contributed by atoms with Crippen LogP contribution in [0.25, 0.3) is 21.8 Å². The fourth-order valence-corrected chi connectivity index (χ4v) is 1.63. The molecule has 2 heteroatoms. The van der Waals surface area contributed by atoms with Crippen molar-refractivity contribution < 1.29 is 0 Å². The Morgan fingerprint density at radius 3 is 2.71 bits per heavy atom. The average Bonchev–Trinajstić information content (AvgIpc) is 2.29. The van der Waals surface area contributed by atoms with Crippen LogP contribution in [-0.4, -0.2) is 9.97 Å². The summed E-state index contributed by atoms with van der Waals surface area (Å²) in [4.78, 5) is 8.55. The van der Waals surface area contributed by atoms with E-state index in [1.807, 2.05) is 24.3 Å². The van der Waals surface area contributed by atoms with Gasteiger partial charge >= 0.3 is 0 Å². The molecule has 65 valence electrons. The van der Waals surface area contributed by atoms with E-state index in [0.29, 0.717) is 0 Å². The van der Waals surface area contributed by atoms with Crippen molar-refractivity contribution in [2.24, 2.45) is 0 Å². The summed E-state index contributed by atoms with van der Waals surface area (Å²) in [6.45, 7) is 0. The molecule has 0 bridgehead atoms. The average molecular weight is 179 g/mol. The van der Waals surface area contributed by atoms with E-state index >= 15 is 0 Å². The Labute approximate surface area is 81.2 Å². The second kappa shape index (κ2) is 2.77. The topological polar surface area (TPSA) is 25.8 Å². The maximum Gasteiger partial charge on any atom is 0.0972 e. The van der Waals surface area contributed by atoms with Crippen molar-refractivity contribution in [3.63, 3.8) is 0 Å². The lowest BCUT2D eigenvalue weighted by Crippen LogP contribution is -1.83. The van der Waals surface area contributed by atoms with E-state index in [1.54, 1.807) is 6.20 Å². The first-order valence-corrected chi connectivity index (χ1v) is 4.46. The van der Waals surface area contributed by atoms with Gasteiger partial charge in [0.15, 0.2) is 0 Å². The minimum absolute atomic E-state index is 0.922. The zero-order valence-corrected chi connectivity index (χ0v) is 7.44. The molecular formula is C12H7N2. The lowest BCUT2D eigenvalue weighted by molar-refractivity contribution is 1.36. The van der Waals surface area contributed by atoms with Gasteiger partial charge in [0.1, 0.15) is 0 Å². The van der Waals surface area contributed by atoms with Crippen LogP contribution in [-0.2, 0) is 0 Å². The molecule has 3 aromatic rings. The number of benzene rings is 1. The molecule has 0 atom stereocenters. The summed E-state index contributed by atoms with van der Waals surface area (Å²) in [5.74, 6) is 0. The van der Waals surface area contributed by atoms with Crippen molar-refractivity contribution >= 4 is 21.8 Å². The number of rotatable bonds is 0. The van der Waals surface area contributed by atoms with Crippen LogP contribution in [0.3, 0.4) is 0 Å². The second-order valence-corrected chi connectivity index (χ2v) is 3.15. The highest BCUT2D eigenvalue weighted by Gasteiger charge is 2.00. The maximum absolute atomic E-state index is 4.33. The van der Waals surface area contributed by atoms with Gasteiger partial charge in [-0.3, -0.25) is 4.98 Å². The van der Waals surface area contributed by atoms with Crippen molar-refractivity contribution in [3.8, 4) is 0 Å². The van der Waals surface area contributed by atoms with Crippen LogP contribution < -0.4 is 0 Å². The van der Waals surface area contributed by atoms with Crippen molar-refractivity contribution in [2.75, 3.05) is 0 Å². The second-order valence-electron chi connectivity index (χ2n) is 3.15. The zero-order valence-electron chi connectivity index (χ0n) is 7.44. The van der Waals surface area contributed by atoms with Gasteiger partial charge in [0.05, 0.1) is 17.2 Å². The Morgan fingerprint density at radius 1 is 0.929 bits per heavy atom. The number of fused-ring (bicyclic) bond motifs is 3. The molecule has 2 nitrogen and oxygen atoms in total. The maximum atomic E-state index is 4.33. The third-order valence-corrected chi connectivity index (χ3v) is 2.29. The van der Waals surface area contributed by atoms with Crippen LogP contribution in [0.2, 0.25) is 0 Å². The molecule has 0 aliphatic heterocycles. The van der Waals surface area contributed by atoms with Gasteiger partial charge in [0, 0.05) is 17.0 Å². The minimum Gasteiger partial charge on any atom is -0.254 e. The predicted molar refractivity (Wildman–Crippen MR) is 55.9 cm³/mol. The number of pyridine rings is 2. The van der Waals surface area contributed by atoms with Gasteiger partial charge in [-0.05, 0) is 12.1 Å². The SMILES string of the molecule is [c]1ccc2ccc3cccnc3c2n1. The highest BCUT2D eigenvalue weighted by atomic mass is 14.7. The van der Waals surface area contributed by atoms with E-state index in [2.05, 4.69) is 28.3 Å². The molecule has 0 aliphatic carbocycles. The molecule has 3 rings (SSSR count). The lowest BCUT2D eigenvalue weighted by Gasteiger charge is -1.99. The molecule has 1 radical (unpaired) electrons. The standard InChI is InChI=1S/C12H7N2/c1-3-9-5-6-10-4-2-8-14-12(10)11(9)13-7-1/h1-7H. The lowest BCUT2D eigenvalue weighted by atomic mass is 10.1. The van der Waals surface area contributed by atoms with Gasteiger partial charge in [-0.15, -0.1) is 0 Å². The monoisotopic (exact) mass is 179 g/mol. The third kappa shape index (κ3) is 0.973. The summed E-state index contributed by atoms with van der Waals surface area (Å²) in [6, 6.07) is 11.9. The highest BCUT2D eigenvalue weighted by molar-refractivity contribution is 6.02. The van der Waals surface area contributed by atoms with Crippen LogP contribution in [0.15, 0.2) is 42.6 Å². The Kier molecular flexibility index (Phi) is 1.47. The molecule has 0 N–H and O–H groups in total. The number of nitrogens with zero attached hydrogens (tertiary/aromatic N) is 2. The highest BCUT2D eigenvalue weighted by Crippen LogP contribution is 2.20. The first-order valence-electron chi connectivity index (χ1n) is 4.46. The Hall–Kier alpha value is -1.96. The molecule has 0 saturated carbocycles. The van der Waals surface area contributed by atoms with Gasteiger partial charge in [-0.25, -0.2) is 4.98 Å². The molecule has 2 heterocycles. The molecule has 0 amide bonds. The Bertz CT molecular complexity index is 547. The largest absolute Gasteiger partial charge is 0.254 e. The van der Waals surface area contributed by atoms with Crippen molar-refractivity contribution in [2.45, 2.75) is 0 Å².